The van der Waals surface area contributed by atoms with Crippen molar-refractivity contribution in [2.75, 3.05) is 5.32 Å². The van der Waals surface area contributed by atoms with Crippen LogP contribution in [0.2, 0.25) is 0 Å². The molecule has 0 saturated carbocycles. The minimum Gasteiger partial charge on any atom is -0.326 e. The van der Waals surface area contributed by atoms with Crippen LogP contribution in [-0.4, -0.2) is 11.4 Å². The summed E-state index contributed by atoms with van der Waals surface area (Å²) in [6.07, 6.45) is 0.226. The maximum Gasteiger partial charge on any atom is 0.226 e. The van der Waals surface area contributed by atoms with Gasteiger partial charge in [0.05, 0.1) is 0 Å². The highest BCUT2D eigenvalue weighted by Gasteiger charge is 2.16. The molecule has 3 N–H and O–H groups in total. The summed E-state index contributed by atoms with van der Waals surface area (Å²) in [5.74, 6) is -0.448. The number of aryl methyl sites for hydroxylation is 1. The summed E-state index contributed by atoms with van der Waals surface area (Å²) in [5.41, 5.74) is 6.28. The molecule has 0 aliphatic heterocycles. The van der Waals surface area contributed by atoms with Crippen molar-refractivity contribution >= 4 is 11.6 Å². The summed E-state index contributed by atoms with van der Waals surface area (Å²) in [6, 6.07) is 4.46. The Morgan fingerprint density at radius 2 is 2.12 bits per heavy atom. The van der Waals surface area contributed by atoms with Crippen molar-refractivity contribution in [1.82, 2.24) is 0 Å². The van der Waals surface area contributed by atoms with Crippen LogP contribution in [0.15, 0.2) is 18.2 Å². The number of nitrogens with one attached hydrogen (secondary N) is 1. The van der Waals surface area contributed by atoms with E-state index in [9.17, 15) is 9.18 Å². The first-order chi connectivity index (χ1) is 7.28. The third-order valence-electron chi connectivity index (χ3n) is 2.06. The summed E-state index contributed by atoms with van der Waals surface area (Å²) < 4.78 is 13.0. The van der Waals surface area contributed by atoms with Crippen LogP contribution in [-0.2, 0) is 4.79 Å². The first-order valence-corrected chi connectivity index (χ1v) is 5.13. The molecular formula is C12H17FN2O. The minimum absolute atomic E-state index is 0.168. The molecule has 0 spiro atoms. The quantitative estimate of drug-likeness (QED) is 0.827. The molecule has 0 heterocycles. The second-order valence-electron chi connectivity index (χ2n) is 4.68. The Labute approximate surface area is 94.8 Å². The number of hydrogen-bond acceptors (Lipinski definition) is 2. The average molecular weight is 224 g/mol. The van der Waals surface area contributed by atoms with Gasteiger partial charge in [-0.25, -0.2) is 4.39 Å². The van der Waals surface area contributed by atoms with Gasteiger partial charge in [0, 0.05) is 17.6 Å². The number of rotatable bonds is 3. The molecule has 0 aliphatic carbocycles. The average Bonchev–Trinajstić information content (AvgIpc) is 2.08. The highest BCUT2D eigenvalue weighted by Crippen LogP contribution is 2.14. The fourth-order valence-corrected chi connectivity index (χ4v) is 1.34. The number of benzene rings is 1. The van der Waals surface area contributed by atoms with Gasteiger partial charge in [0.25, 0.3) is 0 Å². The lowest BCUT2D eigenvalue weighted by atomic mass is 10.0. The van der Waals surface area contributed by atoms with E-state index in [0.717, 1.165) is 0 Å². The molecule has 0 aromatic heterocycles. The third kappa shape index (κ3) is 3.98. The molecule has 0 bridgehead atoms. The summed E-state index contributed by atoms with van der Waals surface area (Å²) in [7, 11) is 0. The second-order valence-corrected chi connectivity index (χ2v) is 4.68. The molecule has 88 valence electrons. The zero-order valence-electron chi connectivity index (χ0n) is 9.80. The molecule has 0 radical (unpaired) electrons. The molecule has 3 nitrogen and oxygen atoms in total. The van der Waals surface area contributed by atoms with Crippen LogP contribution in [0.4, 0.5) is 10.1 Å². The molecule has 16 heavy (non-hydrogen) atoms. The van der Waals surface area contributed by atoms with Crippen LogP contribution in [0, 0.1) is 12.7 Å². The van der Waals surface area contributed by atoms with Crippen molar-refractivity contribution in [3.05, 3.63) is 29.6 Å². The summed E-state index contributed by atoms with van der Waals surface area (Å²) in [4.78, 5) is 11.5. The van der Waals surface area contributed by atoms with Gasteiger partial charge in [-0.1, -0.05) is 0 Å². The first-order valence-electron chi connectivity index (χ1n) is 5.13. The monoisotopic (exact) mass is 224 g/mol. The van der Waals surface area contributed by atoms with Crippen molar-refractivity contribution in [3.63, 3.8) is 0 Å². The fourth-order valence-electron chi connectivity index (χ4n) is 1.34. The van der Waals surface area contributed by atoms with E-state index >= 15 is 0 Å². The maximum atomic E-state index is 13.0. The predicted octanol–water partition coefficient (Wildman–Crippen LogP) is 2.20. The highest BCUT2D eigenvalue weighted by molar-refractivity contribution is 5.91. The Balaban J connectivity index is 2.67. The topological polar surface area (TPSA) is 55.1 Å². The zero-order valence-corrected chi connectivity index (χ0v) is 9.80. The zero-order chi connectivity index (χ0) is 12.3. The predicted molar refractivity (Wildman–Crippen MR) is 62.7 cm³/mol. The summed E-state index contributed by atoms with van der Waals surface area (Å²) in [5, 5.41) is 2.68. The van der Waals surface area contributed by atoms with E-state index in [4.69, 9.17) is 5.73 Å². The number of carbonyl (C=O) groups excluding carboxylic acids is 1. The lowest BCUT2D eigenvalue weighted by Crippen LogP contribution is -2.36. The van der Waals surface area contributed by atoms with Crippen LogP contribution in [0.5, 0.6) is 0 Å². The van der Waals surface area contributed by atoms with E-state index in [1.54, 1.807) is 26.8 Å². The van der Waals surface area contributed by atoms with E-state index < -0.39 is 5.54 Å². The number of hydrogen-bond donors (Lipinski definition) is 2. The minimum atomic E-state index is -0.543. The third-order valence-corrected chi connectivity index (χ3v) is 2.06. The molecule has 0 atom stereocenters. The smallest absolute Gasteiger partial charge is 0.226 e. The lowest BCUT2D eigenvalue weighted by Gasteiger charge is -2.17. The van der Waals surface area contributed by atoms with Crippen LogP contribution in [0.25, 0.3) is 0 Å². The van der Waals surface area contributed by atoms with Gasteiger partial charge in [-0.2, -0.15) is 0 Å². The molecule has 4 heteroatoms. The van der Waals surface area contributed by atoms with Gasteiger partial charge >= 0.3 is 0 Å². The fraction of sp³-hybridized carbons (Fsp3) is 0.417. The van der Waals surface area contributed by atoms with E-state index in [-0.39, 0.29) is 18.1 Å². The Bertz CT molecular complexity index is 396. The van der Waals surface area contributed by atoms with Crippen molar-refractivity contribution in [2.45, 2.75) is 32.7 Å². The Morgan fingerprint density at radius 3 is 2.62 bits per heavy atom. The van der Waals surface area contributed by atoms with Crippen LogP contribution in [0.1, 0.15) is 25.8 Å². The molecule has 1 amide bonds. The van der Waals surface area contributed by atoms with Crippen LogP contribution in [0.3, 0.4) is 0 Å². The standard InChI is InChI=1S/C12H17FN2O/c1-8-6-9(4-5-10(8)13)15-11(16)7-12(2,3)14/h4-6H,7,14H2,1-3H3,(H,15,16). The van der Waals surface area contributed by atoms with Gasteiger partial charge < -0.3 is 11.1 Å². The molecule has 1 aromatic carbocycles. The molecule has 0 unspecified atom stereocenters. The van der Waals surface area contributed by atoms with Gasteiger partial charge in [-0.05, 0) is 44.5 Å². The van der Waals surface area contributed by atoms with Gasteiger partial charge in [-0.15, -0.1) is 0 Å². The largest absolute Gasteiger partial charge is 0.326 e. The summed E-state index contributed by atoms with van der Waals surface area (Å²) in [6.45, 7) is 5.21. The van der Waals surface area contributed by atoms with E-state index in [1.807, 2.05) is 0 Å². The van der Waals surface area contributed by atoms with Crippen molar-refractivity contribution in [1.29, 1.82) is 0 Å². The number of carbonyl (C=O) groups is 1. The van der Waals surface area contributed by atoms with Crippen molar-refractivity contribution < 1.29 is 9.18 Å². The number of halogens is 1. The first kappa shape index (κ1) is 12.6. The van der Waals surface area contributed by atoms with E-state index in [1.165, 1.54) is 12.1 Å². The maximum absolute atomic E-state index is 13.0. The SMILES string of the molecule is Cc1cc(NC(=O)CC(C)(C)N)ccc1F. The lowest BCUT2D eigenvalue weighted by molar-refractivity contribution is -0.117. The normalized spacial score (nSPS) is 11.3. The molecular weight excluding hydrogens is 207 g/mol. The van der Waals surface area contributed by atoms with Crippen molar-refractivity contribution in [3.8, 4) is 0 Å². The van der Waals surface area contributed by atoms with Gasteiger partial charge in [0.2, 0.25) is 5.91 Å². The number of nitrogens with two attached hydrogens (primary N) is 1. The molecule has 0 saturated heterocycles. The van der Waals surface area contributed by atoms with Crippen LogP contribution >= 0.6 is 0 Å². The summed E-state index contributed by atoms with van der Waals surface area (Å²) >= 11 is 0. The van der Waals surface area contributed by atoms with Crippen molar-refractivity contribution in [2.24, 2.45) is 5.73 Å². The number of amides is 1. The molecule has 0 fully saturated rings. The second kappa shape index (κ2) is 4.61. The van der Waals surface area contributed by atoms with Gasteiger partial charge in [0.1, 0.15) is 5.82 Å². The Morgan fingerprint density at radius 1 is 1.50 bits per heavy atom. The van der Waals surface area contributed by atoms with Crippen LogP contribution < -0.4 is 11.1 Å². The molecule has 1 aromatic rings. The molecule has 1 rings (SSSR count). The van der Waals surface area contributed by atoms with Gasteiger partial charge in [0.15, 0.2) is 0 Å². The Kier molecular flexibility index (Phi) is 3.65. The van der Waals surface area contributed by atoms with Gasteiger partial charge in [-0.3, -0.25) is 4.79 Å². The highest BCUT2D eigenvalue weighted by atomic mass is 19.1. The van der Waals surface area contributed by atoms with E-state index in [0.29, 0.717) is 11.3 Å². The van der Waals surface area contributed by atoms with E-state index in [2.05, 4.69) is 5.32 Å². The number of anilines is 1. The Hall–Kier alpha value is -1.42. The molecule has 0 aliphatic rings.